The van der Waals surface area contributed by atoms with Gasteiger partial charge in [-0.3, -0.25) is 4.79 Å². The van der Waals surface area contributed by atoms with Crippen LogP contribution < -0.4 is 10.2 Å². The third-order valence-electron chi connectivity index (χ3n) is 3.68. The molecule has 2 aromatic carbocycles. The fourth-order valence-electron chi connectivity index (χ4n) is 2.42. The summed E-state index contributed by atoms with van der Waals surface area (Å²) in [5, 5.41) is 2.66. The number of nitrogens with zero attached hydrogens (tertiary/aromatic N) is 1. The van der Waals surface area contributed by atoms with E-state index in [0.29, 0.717) is 18.9 Å². The van der Waals surface area contributed by atoms with Crippen LogP contribution >= 0.6 is 0 Å². The topological polar surface area (TPSA) is 41.6 Å². The molecule has 1 fully saturated rings. The number of ether oxygens (including phenoxy) is 1. The molecule has 0 aliphatic carbocycles. The highest BCUT2D eigenvalue weighted by atomic mass is 19.2. The van der Waals surface area contributed by atoms with Crippen molar-refractivity contribution in [3.05, 3.63) is 59.7 Å². The summed E-state index contributed by atoms with van der Waals surface area (Å²) in [5.74, 6) is -2.50. The van der Waals surface area contributed by atoms with E-state index in [2.05, 4.69) is 10.2 Å². The molecule has 1 saturated heterocycles. The van der Waals surface area contributed by atoms with Crippen molar-refractivity contribution in [2.45, 2.75) is 0 Å². The molecule has 1 aliphatic heterocycles. The molecule has 4 nitrogen and oxygen atoms in total. The molecule has 120 valence electrons. The number of anilines is 2. The standard InChI is InChI=1S/C17H16F2N2O2/c18-15-6-1-12(11-16(15)19)17(22)20-13-2-4-14(5-3-13)21-7-9-23-10-8-21/h1-6,11H,7-10H2,(H,20,22). The number of rotatable bonds is 3. The van der Waals surface area contributed by atoms with Crippen LogP contribution in [0.25, 0.3) is 0 Å². The van der Waals surface area contributed by atoms with E-state index in [9.17, 15) is 13.6 Å². The van der Waals surface area contributed by atoms with Crippen LogP contribution in [0, 0.1) is 11.6 Å². The molecule has 1 aliphatic rings. The van der Waals surface area contributed by atoms with E-state index in [1.165, 1.54) is 6.07 Å². The van der Waals surface area contributed by atoms with Gasteiger partial charge in [0.25, 0.3) is 5.91 Å². The van der Waals surface area contributed by atoms with Crippen molar-refractivity contribution in [3.8, 4) is 0 Å². The lowest BCUT2D eigenvalue weighted by Crippen LogP contribution is -2.36. The van der Waals surface area contributed by atoms with E-state index in [0.717, 1.165) is 30.9 Å². The Balaban J connectivity index is 1.67. The minimum atomic E-state index is -1.04. The zero-order valence-corrected chi connectivity index (χ0v) is 12.4. The molecule has 0 radical (unpaired) electrons. The number of halogens is 2. The molecular weight excluding hydrogens is 302 g/mol. The molecule has 0 aromatic heterocycles. The zero-order valence-electron chi connectivity index (χ0n) is 12.4. The Kier molecular flexibility index (Phi) is 4.52. The Labute approximate surface area is 132 Å². The molecule has 6 heteroatoms. The number of benzene rings is 2. The predicted octanol–water partition coefficient (Wildman–Crippen LogP) is 3.05. The lowest BCUT2D eigenvalue weighted by atomic mass is 10.2. The first kappa shape index (κ1) is 15.4. The van der Waals surface area contributed by atoms with E-state index >= 15 is 0 Å². The van der Waals surface area contributed by atoms with Crippen LogP contribution in [0.1, 0.15) is 10.4 Å². The Morgan fingerprint density at radius 2 is 1.70 bits per heavy atom. The second kappa shape index (κ2) is 6.75. The van der Waals surface area contributed by atoms with Crippen molar-refractivity contribution in [1.82, 2.24) is 0 Å². The Morgan fingerprint density at radius 3 is 2.35 bits per heavy atom. The van der Waals surface area contributed by atoms with Crippen LogP contribution in [0.5, 0.6) is 0 Å². The van der Waals surface area contributed by atoms with Crippen LogP contribution in [-0.4, -0.2) is 32.2 Å². The minimum absolute atomic E-state index is 0.0705. The maximum Gasteiger partial charge on any atom is 0.255 e. The van der Waals surface area contributed by atoms with Crippen LogP contribution in [0.3, 0.4) is 0 Å². The molecular formula is C17H16F2N2O2. The van der Waals surface area contributed by atoms with Gasteiger partial charge in [-0.1, -0.05) is 0 Å². The molecule has 1 amide bonds. The van der Waals surface area contributed by atoms with Gasteiger partial charge in [0, 0.05) is 30.0 Å². The quantitative estimate of drug-likeness (QED) is 0.946. The highest BCUT2D eigenvalue weighted by molar-refractivity contribution is 6.04. The van der Waals surface area contributed by atoms with Gasteiger partial charge in [0.2, 0.25) is 0 Å². The summed E-state index contributed by atoms with van der Waals surface area (Å²) in [7, 11) is 0. The maximum absolute atomic E-state index is 13.2. The van der Waals surface area contributed by atoms with Crippen molar-refractivity contribution in [2.24, 2.45) is 0 Å². The maximum atomic E-state index is 13.2. The van der Waals surface area contributed by atoms with Gasteiger partial charge in [-0.05, 0) is 42.5 Å². The highest BCUT2D eigenvalue weighted by Gasteiger charge is 2.12. The largest absolute Gasteiger partial charge is 0.378 e. The zero-order chi connectivity index (χ0) is 16.2. The number of hydrogen-bond acceptors (Lipinski definition) is 3. The predicted molar refractivity (Wildman–Crippen MR) is 83.8 cm³/mol. The van der Waals surface area contributed by atoms with Gasteiger partial charge in [0.15, 0.2) is 11.6 Å². The third kappa shape index (κ3) is 3.65. The minimum Gasteiger partial charge on any atom is -0.378 e. The smallest absolute Gasteiger partial charge is 0.255 e. The molecule has 0 spiro atoms. The molecule has 3 rings (SSSR count). The summed E-state index contributed by atoms with van der Waals surface area (Å²) in [5.41, 5.74) is 1.72. The summed E-state index contributed by atoms with van der Waals surface area (Å²) < 4.78 is 31.4. The van der Waals surface area contributed by atoms with E-state index in [1.807, 2.05) is 12.1 Å². The van der Waals surface area contributed by atoms with Crippen LogP contribution in [0.4, 0.5) is 20.2 Å². The summed E-state index contributed by atoms with van der Waals surface area (Å²) in [4.78, 5) is 14.2. The number of carbonyl (C=O) groups excluding carboxylic acids is 1. The van der Waals surface area contributed by atoms with Crippen LogP contribution in [0.15, 0.2) is 42.5 Å². The van der Waals surface area contributed by atoms with Crippen molar-refractivity contribution < 1.29 is 18.3 Å². The summed E-state index contributed by atoms with van der Waals surface area (Å²) >= 11 is 0. The lowest BCUT2D eigenvalue weighted by Gasteiger charge is -2.28. The van der Waals surface area contributed by atoms with Gasteiger partial charge < -0.3 is 15.0 Å². The van der Waals surface area contributed by atoms with Gasteiger partial charge in [-0.25, -0.2) is 8.78 Å². The molecule has 1 heterocycles. The highest BCUT2D eigenvalue weighted by Crippen LogP contribution is 2.19. The van der Waals surface area contributed by atoms with Crippen LogP contribution in [0.2, 0.25) is 0 Å². The summed E-state index contributed by atoms with van der Waals surface area (Å²) in [6.45, 7) is 3.07. The molecule has 0 bridgehead atoms. The van der Waals surface area contributed by atoms with Gasteiger partial charge in [0.05, 0.1) is 13.2 Å². The molecule has 1 N–H and O–H groups in total. The van der Waals surface area contributed by atoms with Gasteiger partial charge >= 0.3 is 0 Å². The molecule has 0 unspecified atom stereocenters. The SMILES string of the molecule is O=C(Nc1ccc(N2CCOCC2)cc1)c1ccc(F)c(F)c1. The molecule has 2 aromatic rings. The number of carbonyl (C=O) groups is 1. The van der Waals surface area contributed by atoms with Crippen molar-refractivity contribution in [1.29, 1.82) is 0 Å². The first-order valence-corrected chi connectivity index (χ1v) is 7.32. The monoisotopic (exact) mass is 318 g/mol. The number of hydrogen-bond donors (Lipinski definition) is 1. The lowest BCUT2D eigenvalue weighted by molar-refractivity contribution is 0.102. The number of nitrogens with one attached hydrogen (secondary N) is 1. The average Bonchev–Trinajstić information content (AvgIpc) is 2.59. The van der Waals surface area contributed by atoms with E-state index in [-0.39, 0.29) is 5.56 Å². The third-order valence-corrected chi connectivity index (χ3v) is 3.68. The Hall–Kier alpha value is -2.47. The van der Waals surface area contributed by atoms with E-state index < -0.39 is 17.5 Å². The summed E-state index contributed by atoms with van der Waals surface area (Å²) in [6.07, 6.45) is 0. The van der Waals surface area contributed by atoms with Gasteiger partial charge in [-0.15, -0.1) is 0 Å². The number of amides is 1. The van der Waals surface area contributed by atoms with Crippen molar-refractivity contribution in [3.63, 3.8) is 0 Å². The summed E-state index contributed by atoms with van der Waals surface area (Å²) in [6, 6.07) is 10.4. The molecule has 0 saturated carbocycles. The first-order chi connectivity index (χ1) is 11.1. The second-order valence-corrected chi connectivity index (χ2v) is 5.23. The first-order valence-electron chi connectivity index (χ1n) is 7.32. The van der Waals surface area contributed by atoms with Crippen molar-refractivity contribution in [2.75, 3.05) is 36.5 Å². The van der Waals surface area contributed by atoms with Crippen molar-refractivity contribution >= 4 is 17.3 Å². The van der Waals surface area contributed by atoms with Gasteiger partial charge in [0.1, 0.15) is 0 Å². The Morgan fingerprint density at radius 1 is 1.00 bits per heavy atom. The fourth-order valence-corrected chi connectivity index (χ4v) is 2.42. The fraction of sp³-hybridized carbons (Fsp3) is 0.235. The van der Waals surface area contributed by atoms with E-state index in [4.69, 9.17) is 4.74 Å². The van der Waals surface area contributed by atoms with Crippen LogP contribution in [-0.2, 0) is 4.74 Å². The Bertz CT molecular complexity index is 698. The van der Waals surface area contributed by atoms with E-state index in [1.54, 1.807) is 12.1 Å². The van der Waals surface area contributed by atoms with Gasteiger partial charge in [-0.2, -0.15) is 0 Å². The molecule has 0 atom stereocenters. The molecule has 23 heavy (non-hydrogen) atoms. The second-order valence-electron chi connectivity index (χ2n) is 5.23. The average molecular weight is 318 g/mol. The normalized spacial score (nSPS) is 14.6. The number of morpholine rings is 1.